The lowest BCUT2D eigenvalue weighted by Crippen LogP contribution is -2.37. The lowest BCUT2D eigenvalue weighted by Gasteiger charge is -2.26. The number of anilines is 1. The molecule has 0 atom stereocenters. The third-order valence-electron chi connectivity index (χ3n) is 2.35. The number of rotatable bonds is 4. The summed E-state index contributed by atoms with van der Waals surface area (Å²) in [5.41, 5.74) is 0. The maximum Gasteiger partial charge on any atom is 0.322 e. The maximum absolute atomic E-state index is 5.84. The molecule has 1 aromatic rings. The van der Waals surface area contributed by atoms with Crippen LogP contribution in [0.25, 0.3) is 0 Å². The van der Waals surface area contributed by atoms with Crippen molar-refractivity contribution < 1.29 is 9.47 Å². The van der Waals surface area contributed by atoms with Crippen LogP contribution in [0.4, 0.5) is 5.95 Å². The van der Waals surface area contributed by atoms with Crippen molar-refractivity contribution in [3.63, 3.8) is 0 Å². The quantitative estimate of drug-likeness (QED) is 0.594. The summed E-state index contributed by atoms with van der Waals surface area (Å²) in [4.78, 5) is 14.2. The van der Waals surface area contributed by atoms with E-state index >= 15 is 0 Å². The molecule has 0 saturated carbocycles. The number of aromatic nitrogens is 3. The zero-order valence-corrected chi connectivity index (χ0v) is 10.6. The van der Waals surface area contributed by atoms with Gasteiger partial charge in [-0.25, -0.2) is 0 Å². The Balaban J connectivity index is 2.07. The van der Waals surface area contributed by atoms with Crippen molar-refractivity contribution in [1.29, 1.82) is 0 Å². The average Bonchev–Trinajstić information content (AvgIpc) is 2.39. The number of terminal acetylenes is 1. The molecule has 96 valence electrons. The Kier molecular flexibility index (Phi) is 4.56. The molecular formula is C11H13ClN4O2. The minimum atomic E-state index is 0.113. The van der Waals surface area contributed by atoms with E-state index in [4.69, 9.17) is 27.5 Å². The van der Waals surface area contributed by atoms with Crippen molar-refractivity contribution in [1.82, 2.24) is 15.0 Å². The van der Waals surface area contributed by atoms with Crippen LogP contribution in [0.1, 0.15) is 6.42 Å². The molecule has 0 spiro atoms. The number of hydrogen-bond donors (Lipinski definition) is 0. The van der Waals surface area contributed by atoms with Gasteiger partial charge in [-0.05, 0) is 11.6 Å². The number of morpholine rings is 1. The van der Waals surface area contributed by atoms with Crippen molar-refractivity contribution in [2.75, 3.05) is 37.8 Å². The fraction of sp³-hybridized carbons (Fsp3) is 0.545. The summed E-state index contributed by atoms with van der Waals surface area (Å²) in [6.45, 7) is 3.11. The summed E-state index contributed by atoms with van der Waals surface area (Å²) in [5.74, 6) is 2.98. The van der Waals surface area contributed by atoms with E-state index < -0.39 is 0 Å². The maximum atomic E-state index is 5.84. The van der Waals surface area contributed by atoms with Crippen LogP contribution in [0.3, 0.4) is 0 Å². The van der Waals surface area contributed by atoms with E-state index in [0.717, 1.165) is 13.1 Å². The molecule has 1 fully saturated rings. The molecule has 1 aliphatic heterocycles. The highest BCUT2D eigenvalue weighted by Gasteiger charge is 2.16. The van der Waals surface area contributed by atoms with Crippen LogP contribution < -0.4 is 9.64 Å². The summed E-state index contributed by atoms with van der Waals surface area (Å²) in [6, 6.07) is 0.201. The predicted molar refractivity (Wildman–Crippen MR) is 66.8 cm³/mol. The SMILES string of the molecule is C#CCCOc1nc(Cl)nc(N2CCOCC2)n1. The molecular weight excluding hydrogens is 256 g/mol. The van der Waals surface area contributed by atoms with E-state index in [9.17, 15) is 0 Å². The molecule has 0 bridgehead atoms. The number of nitrogens with zero attached hydrogens (tertiary/aromatic N) is 4. The number of ether oxygens (including phenoxy) is 2. The smallest absolute Gasteiger partial charge is 0.322 e. The van der Waals surface area contributed by atoms with Gasteiger partial charge in [-0.2, -0.15) is 15.0 Å². The third-order valence-corrected chi connectivity index (χ3v) is 2.52. The van der Waals surface area contributed by atoms with Gasteiger partial charge < -0.3 is 14.4 Å². The minimum absolute atomic E-state index is 0.113. The zero-order valence-electron chi connectivity index (χ0n) is 9.80. The van der Waals surface area contributed by atoms with Crippen LogP contribution in [0, 0.1) is 12.3 Å². The first-order valence-corrected chi connectivity index (χ1v) is 5.98. The third kappa shape index (κ3) is 3.45. The highest BCUT2D eigenvalue weighted by molar-refractivity contribution is 6.28. The molecule has 2 heterocycles. The highest BCUT2D eigenvalue weighted by atomic mass is 35.5. The molecule has 0 N–H and O–H groups in total. The van der Waals surface area contributed by atoms with Gasteiger partial charge in [-0.1, -0.05) is 0 Å². The summed E-state index contributed by atoms with van der Waals surface area (Å²) in [6.07, 6.45) is 5.63. The van der Waals surface area contributed by atoms with Crippen LogP contribution in [0.5, 0.6) is 6.01 Å². The van der Waals surface area contributed by atoms with Gasteiger partial charge in [0, 0.05) is 19.5 Å². The molecule has 1 aliphatic rings. The van der Waals surface area contributed by atoms with Gasteiger partial charge in [-0.3, -0.25) is 0 Å². The Morgan fingerprint density at radius 3 is 2.83 bits per heavy atom. The first kappa shape index (κ1) is 12.9. The Morgan fingerprint density at radius 2 is 2.11 bits per heavy atom. The number of halogens is 1. The molecule has 6 nitrogen and oxygen atoms in total. The lowest BCUT2D eigenvalue weighted by atomic mass is 10.4. The second-order valence-corrected chi connectivity index (χ2v) is 3.93. The molecule has 0 amide bonds. The molecule has 0 unspecified atom stereocenters. The van der Waals surface area contributed by atoms with Crippen LogP contribution in [0.15, 0.2) is 0 Å². The monoisotopic (exact) mass is 268 g/mol. The van der Waals surface area contributed by atoms with Crippen LogP contribution >= 0.6 is 11.6 Å². The van der Waals surface area contributed by atoms with E-state index in [1.165, 1.54) is 0 Å². The molecule has 1 aromatic heterocycles. The zero-order chi connectivity index (χ0) is 12.8. The summed E-state index contributed by atoms with van der Waals surface area (Å²) >= 11 is 5.84. The van der Waals surface area contributed by atoms with Crippen LogP contribution in [0.2, 0.25) is 5.28 Å². The van der Waals surface area contributed by atoms with Crippen molar-refractivity contribution >= 4 is 17.5 Å². The lowest BCUT2D eigenvalue weighted by molar-refractivity contribution is 0.122. The van der Waals surface area contributed by atoms with Crippen LogP contribution in [-0.2, 0) is 4.74 Å². The largest absolute Gasteiger partial charge is 0.462 e. The molecule has 7 heteroatoms. The van der Waals surface area contributed by atoms with Crippen molar-refractivity contribution in [3.05, 3.63) is 5.28 Å². The fourth-order valence-electron chi connectivity index (χ4n) is 1.49. The first-order chi connectivity index (χ1) is 8.79. The van der Waals surface area contributed by atoms with E-state index in [0.29, 0.717) is 32.2 Å². The van der Waals surface area contributed by atoms with Crippen LogP contribution in [-0.4, -0.2) is 47.9 Å². The Labute approximate surface area is 110 Å². The first-order valence-electron chi connectivity index (χ1n) is 5.60. The molecule has 1 saturated heterocycles. The van der Waals surface area contributed by atoms with Crippen molar-refractivity contribution in [2.45, 2.75) is 6.42 Å². The van der Waals surface area contributed by atoms with E-state index in [1.807, 2.05) is 4.90 Å². The average molecular weight is 269 g/mol. The molecule has 0 aliphatic carbocycles. The summed E-state index contributed by atoms with van der Waals surface area (Å²) in [5, 5.41) is 0.113. The van der Waals surface area contributed by atoms with E-state index in [2.05, 4.69) is 20.9 Å². The Bertz CT molecular complexity index is 443. The standard InChI is InChI=1S/C11H13ClN4O2/c1-2-3-6-18-11-14-9(12)13-10(15-11)16-4-7-17-8-5-16/h1H,3-8H2. The minimum Gasteiger partial charge on any atom is -0.462 e. The highest BCUT2D eigenvalue weighted by Crippen LogP contribution is 2.16. The topological polar surface area (TPSA) is 60.4 Å². The van der Waals surface area contributed by atoms with Gasteiger partial charge >= 0.3 is 6.01 Å². The Morgan fingerprint density at radius 1 is 1.33 bits per heavy atom. The fourth-order valence-corrected chi connectivity index (χ4v) is 1.64. The molecule has 18 heavy (non-hydrogen) atoms. The van der Waals surface area contributed by atoms with Crippen molar-refractivity contribution in [2.24, 2.45) is 0 Å². The Hall–Kier alpha value is -1.58. The van der Waals surface area contributed by atoms with Gasteiger partial charge in [0.1, 0.15) is 6.61 Å². The summed E-state index contributed by atoms with van der Waals surface area (Å²) in [7, 11) is 0. The van der Waals surface area contributed by atoms with Gasteiger partial charge in [0.15, 0.2) is 0 Å². The van der Waals surface area contributed by atoms with Gasteiger partial charge in [0.25, 0.3) is 0 Å². The molecule has 0 radical (unpaired) electrons. The predicted octanol–water partition coefficient (Wildman–Crippen LogP) is 0.764. The second-order valence-electron chi connectivity index (χ2n) is 3.59. The normalized spacial score (nSPS) is 15.2. The van der Waals surface area contributed by atoms with E-state index in [1.54, 1.807) is 0 Å². The van der Waals surface area contributed by atoms with E-state index in [-0.39, 0.29) is 11.3 Å². The van der Waals surface area contributed by atoms with Gasteiger partial charge in [0.2, 0.25) is 11.2 Å². The van der Waals surface area contributed by atoms with Gasteiger partial charge in [-0.15, -0.1) is 12.3 Å². The molecule has 2 rings (SSSR count). The van der Waals surface area contributed by atoms with Gasteiger partial charge in [0.05, 0.1) is 13.2 Å². The summed E-state index contributed by atoms with van der Waals surface area (Å²) < 4.78 is 10.6. The second kappa shape index (κ2) is 6.38. The number of hydrogen-bond acceptors (Lipinski definition) is 6. The molecule has 0 aromatic carbocycles. The van der Waals surface area contributed by atoms with Crippen molar-refractivity contribution in [3.8, 4) is 18.4 Å².